The standard InChI is InChI=1S/C21H25FN4O/c1-14-10-15(4-7-20(14)27-3)12-26-21(23-2)24-9-8-16-13-25-19-11-17(22)5-6-18(16)19/h4-7,10-11,13,25H,8-9,12H2,1-3H3,(H2,23,24,26). The van der Waals surface area contributed by atoms with Crippen LogP contribution in [-0.4, -0.2) is 31.6 Å². The highest BCUT2D eigenvalue weighted by Gasteiger charge is 2.06. The number of benzene rings is 2. The van der Waals surface area contributed by atoms with E-state index in [1.54, 1.807) is 14.2 Å². The number of nitrogens with zero attached hydrogens (tertiary/aromatic N) is 1. The van der Waals surface area contributed by atoms with E-state index in [4.69, 9.17) is 4.74 Å². The van der Waals surface area contributed by atoms with E-state index in [1.165, 1.54) is 12.1 Å². The minimum atomic E-state index is -0.229. The average molecular weight is 368 g/mol. The Morgan fingerprint density at radius 3 is 2.78 bits per heavy atom. The summed E-state index contributed by atoms with van der Waals surface area (Å²) in [4.78, 5) is 7.38. The molecule has 3 aromatic rings. The third kappa shape index (κ3) is 4.58. The van der Waals surface area contributed by atoms with Crippen molar-refractivity contribution in [2.24, 2.45) is 4.99 Å². The molecule has 0 saturated carbocycles. The van der Waals surface area contributed by atoms with Crippen LogP contribution in [0.1, 0.15) is 16.7 Å². The molecule has 1 aromatic heterocycles. The van der Waals surface area contributed by atoms with Crippen LogP contribution in [0.2, 0.25) is 0 Å². The van der Waals surface area contributed by atoms with Crippen molar-refractivity contribution < 1.29 is 9.13 Å². The molecule has 1 heterocycles. The van der Waals surface area contributed by atoms with Crippen molar-refractivity contribution >= 4 is 16.9 Å². The summed E-state index contributed by atoms with van der Waals surface area (Å²) in [6.45, 7) is 3.44. The molecule has 0 radical (unpaired) electrons. The molecular formula is C21H25FN4O. The number of aromatic nitrogens is 1. The molecule has 0 aliphatic heterocycles. The van der Waals surface area contributed by atoms with Crippen LogP contribution in [0.3, 0.4) is 0 Å². The second kappa shape index (κ2) is 8.58. The smallest absolute Gasteiger partial charge is 0.191 e. The molecule has 0 aliphatic carbocycles. The number of hydrogen-bond donors (Lipinski definition) is 3. The Balaban J connectivity index is 1.52. The fraction of sp³-hybridized carbons (Fsp3) is 0.286. The van der Waals surface area contributed by atoms with Crippen molar-refractivity contribution in [1.82, 2.24) is 15.6 Å². The fourth-order valence-corrected chi connectivity index (χ4v) is 3.14. The minimum Gasteiger partial charge on any atom is -0.496 e. The third-order valence-corrected chi connectivity index (χ3v) is 4.56. The number of rotatable bonds is 6. The zero-order valence-electron chi connectivity index (χ0n) is 15.9. The maximum Gasteiger partial charge on any atom is 0.191 e. The molecule has 2 aromatic carbocycles. The Morgan fingerprint density at radius 1 is 1.19 bits per heavy atom. The molecule has 0 aliphatic rings. The van der Waals surface area contributed by atoms with Gasteiger partial charge >= 0.3 is 0 Å². The van der Waals surface area contributed by atoms with Gasteiger partial charge in [0.15, 0.2) is 5.96 Å². The first kappa shape index (κ1) is 18.8. The summed E-state index contributed by atoms with van der Waals surface area (Å²) >= 11 is 0. The predicted molar refractivity (Wildman–Crippen MR) is 108 cm³/mol. The average Bonchev–Trinajstić information content (AvgIpc) is 3.06. The number of guanidine groups is 1. The monoisotopic (exact) mass is 368 g/mol. The van der Waals surface area contributed by atoms with Gasteiger partial charge in [-0.2, -0.15) is 0 Å². The summed E-state index contributed by atoms with van der Waals surface area (Å²) in [5.74, 6) is 1.40. The molecular weight excluding hydrogens is 343 g/mol. The van der Waals surface area contributed by atoms with Crippen LogP contribution in [0.25, 0.3) is 10.9 Å². The number of fused-ring (bicyclic) bond motifs is 1. The first-order chi connectivity index (χ1) is 13.1. The van der Waals surface area contributed by atoms with Gasteiger partial charge in [0.25, 0.3) is 0 Å². The van der Waals surface area contributed by atoms with Gasteiger partial charge in [-0.05, 0) is 54.3 Å². The molecule has 0 bridgehead atoms. The number of methoxy groups -OCH3 is 1. The van der Waals surface area contributed by atoms with Gasteiger partial charge in [-0.25, -0.2) is 4.39 Å². The van der Waals surface area contributed by atoms with E-state index in [1.807, 2.05) is 31.3 Å². The van der Waals surface area contributed by atoms with E-state index >= 15 is 0 Å². The van der Waals surface area contributed by atoms with Gasteiger partial charge in [0.2, 0.25) is 0 Å². The number of aryl methyl sites for hydroxylation is 1. The number of aromatic amines is 1. The lowest BCUT2D eigenvalue weighted by Crippen LogP contribution is -2.37. The normalized spacial score (nSPS) is 11.6. The van der Waals surface area contributed by atoms with Gasteiger partial charge < -0.3 is 20.4 Å². The van der Waals surface area contributed by atoms with Crippen LogP contribution < -0.4 is 15.4 Å². The van der Waals surface area contributed by atoms with Crippen LogP contribution in [0, 0.1) is 12.7 Å². The molecule has 6 heteroatoms. The molecule has 0 fully saturated rings. The summed E-state index contributed by atoms with van der Waals surface area (Å²) < 4.78 is 18.6. The Bertz CT molecular complexity index is 949. The Kier molecular flexibility index (Phi) is 5.96. The number of nitrogens with one attached hydrogen (secondary N) is 3. The number of halogens is 1. The number of hydrogen-bond acceptors (Lipinski definition) is 2. The summed E-state index contributed by atoms with van der Waals surface area (Å²) in [5, 5.41) is 7.68. The minimum absolute atomic E-state index is 0.229. The molecule has 0 amide bonds. The van der Waals surface area contributed by atoms with Crippen LogP contribution in [0.4, 0.5) is 4.39 Å². The lowest BCUT2D eigenvalue weighted by molar-refractivity contribution is 0.411. The quantitative estimate of drug-likeness (QED) is 0.461. The van der Waals surface area contributed by atoms with Gasteiger partial charge in [0.1, 0.15) is 11.6 Å². The first-order valence-corrected chi connectivity index (χ1v) is 8.94. The third-order valence-electron chi connectivity index (χ3n) is 4.56. The van der Waals surface area contributed by atoms with Crippen LogP contribution in [-0.2, 0) is 13.0 Å². The van der Waals surface area contributed by atoms with Crippen LogP contribution >= 0.6 is 0 Å². The largest absolute Gasteiger partial charge is 0.496 e. The fourth-order valence-electron chi connectivity index (χ4n) is 3.14. The zero-order chi connectivity index (χ0) is 19.2. The van der Waals surface area contributed by atoms with E-state index < -0.39 is 0 Å². The van der Waals surface area contributed by atoms with E-state index in [-0.39, 0.29) is 5.82 Å². The number of ether oxygens (including phenoxy) is 1. The summed E-state index contributed by atoms with van der Waals surface area (Å²) in [5.41, 5.74) is 4.24. The molecule has 0 atom stereocenters. The lowest BCUT2D eigenvalue weighted by Gasteiger charge is -2.13. The summed E-state index contributed by atoms with van der Waals surface area (Å²) in [6.07, 6.45) is 2.75. The highest BCUT2D eigenvalue weighted by molar-refractivity contribution is 5.83. The zero-order valence-corrected chi connectivity index (χ0v) is 15.9. The van der Waals surface area contributed by atoms with Crippen molar-refractivity contribution in [3.05, 3.63) is 65.1 Å². The number of H-pyrrole nitrogens is 1. The molecule has 0 unspecified atom stereocenters. The highest BCUT2D eigenvalue weighted by atomic mass is 19.1. The summed E-state index contributed by atoms with van der Waals surface area (Å²) in [6, 6.07) is 10.9. The molecule has 5 nitrogen and oxygen atoms in total. The van der Waals surface area contributed by atoms with Gasteiger partial charge in [0, 0.05) is 37.2 Å². The van der Waals surface area contributed by atoms with Crippen LogP contribution in [0.15, 0.2) is 47.6 Å². The summed E-state index contributed by atoms with van der Waals surface area (Å²) in [7, 11) is 3.43. The maximum atomic E-state index is 13.3. The second-order valence-corrected chi connectivity index (χ2v) is 6.41. The second-order valence-electron chi connectivity index (χ2n) is 6.41. The van der Waals surface area contributed by atoms with Crippen molar-refractivity contribution in [1.29, 1.82) is 0 Å². The van der Waals surface area contributed by atoms with E-state index in [2.05, 4.69) is 26.7 Å². The van der Waals surface area contributed by atoms with Gasteiger partial charge in [-0.1, -0.05) is 12.1 Å². The lowest BCUT2D eigenvalue weighted by atomic mass is 10.1. The predicted octanol–water partition coefficient (Wildman–Crippen LogP) is 3.53. The topological polar surface area (TPSA) is 61.4 Å². The van der Waals surface area contributed by atoms with E-state index in [0.29, 0.717) is 6.54 Å². The molecule has 0 saturated heterocycles. The highest BCUT2D eigenvalue weighted by Crippen LogP contribution is 2.20. The Hall–Kier alpha value is -3.02. The number of aliphatic imine (C=N–C) groups is 1. The molecule has 3 rings (SSSR count). The van der Waals surface area contributed by atoms with E-state index in [0.717, 1.165) is 52.3 Å². The maximum absolute atomic E-state index is 13.3. The van der Waals surface area contributed by atoms with Crippen molar-refractivity contribution in [3.63, 3.8) is 0 Å². The van der Waals surface area contributed by atoms with E-state index in [9.17, 15) is 4.39 Å². The van der Waals surface area contributed by atoms with Crippen molar-refractivity contribution in [2.75, 3.05) is 20.7 Å². The molecule has 142 valence electrons. The SMILES string of the molecule is CN=C(NCCc1c[nH]c2cc(F)ccc12)NCc1ccc(OC)c(C)c1. The van der Waals surface area contributed by atoms with Crippen molar-refractivity contribution in [3.8, 4) is 5.75 Å². The molecule has 27 heavy (non-hydrogen) atoms. The van der Waals surface area contributed by atoms with Crippen LogP contribution in [0.5, 0.6) is 5.75 Å². The molecule has 0 spiro atoms. The first-order valence-electron chi connectivity index (χ1n) is 8.94. The molecule has 3 N–H and O–H groups in total. The Morgan fingerprint density at radius 2 is 2.04 bits per heavy atom. The van der Waals surface area contributed by atoms with Gasteiger partial charge in [0.05, 0.1) is 7.11 Å². The Labute approximate surface area is 158 Å². The van der Waals surface area contributed by atoms with Crippen molar-refractivity contribution in [2.45, 2.75) is 19.9 Å². The van der Waals surface area contributed by atoms with Gasteiger partial charge in [-0.15, -0.1) is 0 Å². The van der Waals surface area contributed by atoms with Gasteiger partial charge in [-0.3, -0.25) is 4.99 Å².